The van der Waals surface area contributed by atoms with Crippen molar-refractivity contribution in [3.05, 3.63) is 117 Å². The lowest BCUT2D eigenvalue weighted by atomic mass is 9.98. The van der Waals surface area contributed by atoms with Gasteiger partial charge in [-0.2, -0.15) is 0 Å². The molecule has 5 rings (SSSR count). The third-order valence-electron chi connectivity index (χ3n) is 8.00. The number of carbonyl (C=O) groups is 2. The van der Waals surface area contributed by atoms with Gasteiger partial charge in [0, 0.05) is 24.8 Å². The Bertz CT molecular complexity index is 1790. The van der Waals surface area contributed by atoms with Crippen molar-refractivity contribution in [1.29, 1.82) is 0 Å². The van der Waals surface area contributed by atoms with Crippen molar-refractivity contribution in [3.63, 3.8) is 0 Å². The van der Waals surface area contributed by atoms with E-state index in [4.69, 9.17) is 29.8 Å². The van der Waals surface area contributed by atoms with Gasteiger partial charge in [0.25, 0.3) is 0 Å². The number of carboxylic acids is 1. The van der Waals surface area contributed by atoms with Crippen molar-refractivity contribution in [1.82, 2.24) is 9.99 Å². The third kappa shape index (κ3) is 8.87. The summed E-state index contributed by atoms with van der Waals surface area (Å²) < 4.78 is 37.4. The van der Waals surface area contributed by atoms with Crippen molar-refractivity contribution in [2.75, 3.05) is 26.1 Å². The van der Waals surface area contributed by atoms with Gasteiger partial charge in [-0.1, -0.05) is 60.7 Å². The first-order valence-electron chi connectivity index (χ1n) is 15.5. The van der Waals surface area contributed by atoms with E-state index in [1.54, 1.807) is 19.2 Å². The monoisotopic (exact) mass is 711 g/mol. The molecule has 0 radical (unpaired) electrons. The number of halogens is 1. The van der Waals surface area contributed by atoms with Crippen molar-refractivity contribution in [2.45, 2.75) is 37.8 Å². The average molecular weight is 712 g/mol. The molecule has 0 bridgehead atoms. The number of alkyl carbamates (subject to hydrolysis) is 1. The Morgan fingerprint density at radius 1 is 1.02 bits per heavy atom. The fourth-order valence-electron chi connectivity index (χ4n) is 5.48. The lowest BCUT2D eigenvalue weighted by Gasteiger charge is -2.27. The van der Waals surface area contributed by atoms with Crippen LogP contribution >= 0.6 is 19.3 Å². The van der Waals surface area contributed by atoms with Crippen LogP contribution in [0.3, 0.4) is 0 Å². The van der Waals surface area contributed by atoms with Gasteiger partial charge in [0.2, 0.25) is 0 Å². The van der Waals surface area contributed by atoms with Crippen LogP contribution in [0, 0.1) is 10.1 Å². The summed E-state index contributed by atoms with van der Waals surface area (Å²) in [5.41, 5.74) is 4.78. The maximum atomic E-state index is 13.9. The minimum Gasteiger partial charge on any atom is -0.480 e. The van der Waals surface area contributed by atoms with Gasteiger partial charge in [-0.25, -0.2) is 18.8 Å². The molecule has 0 fully saturated rings. The van der Waals surface area contributed by atoms with Crippen LogP contribution in [-0.4, -0.2) is 58.9 Å². The first-order chi connectivity index (χ1) is 23.6. The number of hydrogen-bond acceptors (Lipinski definition) is 9. The highest BCUT2D eigenvalue weighted by Crippen LogP contribution is 2.52. The number of benzene rings is 3. The quantitative estimate of drug-likeness (QED) is 0.0368. The Morgan fingerprint density at radius 3 is 2.27 bits per heavy atom. The zero-order valence-electron chi connectivity index (χ0n) is 26.5. The molecule has 2 atom stereocenters. The molecule has 1 heterocycles. The van der Waals surface area contributed by atoms with E-state index in [2.05, 4.69) is 5.32 Å². The number of amides is 1. The second-order valence-corrected chi connectivity index (χ2v) is 13.8. The molecule has 1 amide bonds. The van der Waals surface area contributed by atoms with Gasteiger partial charge >= 0.3 is 25.7 Å². The molecule has 1 aromatic heterocycles. The van der Waals surface area contributed by atoms with E-state index in [0.717, 1.165) is 22.3 Å². The van der Waals surface area contributed by atoms with E-state index >= 15 is 0 Å². The predicted octanol–water partition coefficient (Wildman–Crippen LogP) is 7.38. The first-order valence-corrected chi connectivity index (χ1v) is 17.5. The van der Waals surface area contributed by atoms with E-state index in [1.807, 2.05) is 48.5 Å². The highest BCUT2D eigenvalue weighted by atomic mass is 35.5. The number of hydrogen-bond donors (Lipinski definition) is 2. The number of carboxylic acid groups (broad SMARTS) is 1. The van der Waals surface area contributed by atoms with E-state index in [9.17, 15) is 29.4 Å². The number of ether oxygens (including phenoxy) is 1. The first kappa shape index (κ1) is 35.6. The number of nitrogens with zero attached hydrogens (tertiary/aromatic N) is 2. The SMILES string of the molecule is CN(CCCCCl)P(=O)(OCc1ccc([N+](=O)[O-])o1)Oc1ccc(C[C@H](NC(=O)OCC2c3ccccc3-c3ccccc32)C(=O)O)cc1. The molecule has 2 N–H and O–H groups in total. The Morgan fingerprint density at radius 2 is 1.67 bits per heavy atom. The lowest BCUT2D eigenvalue weighted by molar-refractivity contribution is -0.402. The number of fused-ring (bicyclic) bond motifs is 3. The lowest BCUT2D eigenvalue weighted by Crippen LogP contribution is -2.42. The summed E-state index contributed by atoms with van der Waals surface area (Å²) in [5.74, 6) is -1.23. The zero-order chi connectivity index (χ0) is 35.0. The molecular formula is C34H35ClN3O10P. The summed E-state index contributed by atoms with van der Waals surface area (Å²) in [5, 5.41) is 23.3. The van der Waals surface area contributed by atoms with Gasteiger partial charge in [-0.3, -0.25) is 14.6 Å². The number of alkyl halides is 1. The normalized spacial score (nSPS) is 14.0. The van der Waals surface area contributed by atoms with Gasteiger partial charge in [0.1, 0.15) is 35.7 Å². The molecule has 13 nitrogen and oxygen atoms in total. The highest BCUT2D eigenvalue weighted by Gasteiger charge is 2.34. The minimum atomic E-state index is -3.99. The molecule has 0 aliphatic heterocycles. The van der Waals surface area contributed by atoms with Crippen LogP contribution in [-0.2, 0) is 31.6 Å². The zero-order valence-corrected chi connectivity index (χ0v) is 28.2. The van der Waals surface area contributed by atoms with Gasteiger partial charge in [-0.05, 0) is 65.9 Å². The number of aliphatic carboxylic acids is 1. The standard InChI is InChI=1S/C34H35ClN3O10P/c1-37(19-7-6-18-35)49(44,46-21-25-16-17-32(47-25)38(42)43)48-24-14-12-23(13-15-24)20-31(33(39)40)36-34(41)45-22-30-28-10-4-2-8-26(28)27-9-3-5-11-29(27)30/h2-5,8-17,30-31H,6-7,18-22H2,1H3,(H,36,41)(H,39,40)/t31-,49?/m0/s1. The summed E-state index contributed by atoms with van der Waals surface area (Å²) in [6.45, 7) is 0.00455. The summed E-state index contributed by atoms with van der Waals surface area (Å²) in [6.07, 6.45) is 0.352. The highest BCUT2D eigenvalue weighted by molar-refractivity contribution is 7.51. The van der Waals surface area contributed by atoms with Crippen LogP contribution in [0.25, 0.3) is 11.1 Å². The minimum absolute atomic E-state index is 0.0392. The second-order valence-electron chi connectivity index (χ2n) is 11.3. The van der Waals surface area contributed by atoms with Crippen LogP contribution < -0.4 is 9.84 Å². The maximum Gasteiger partial charge on any atom is 0.461 e. The largest absolute Gasteiger partial charge is 0.480 e. The van der Waals surface area contributed by atoms with Crippen molar-refractivity contribution < 1.29 is 42.4 Å². The van der Waals surface area contributed by atoms with Crippen molar-refractivity contribution in [3.8, 4) is 16.9 Å². The van der Waals surface area contributed by atoms with E-state index in [0.29, 0.717) is 30.8 Å². The number of carbonyl (C=O) groups excluding carboxylic acids is 1. The molecule has 15 heteroatoms. The summed E-state index contributed by atoms with van der Waals surface area (Å²) >= 11 is 5.79. The molecule has 1 unspecified atom stereocenters. The molecule has 1 aliphatic carbocycles. The van der Waals surface area contributed by atoms with E-state index in [1.165, 1.54) is 28.9 Å². The van der Waals surface area contributed by atoms with E-state index in [-0.39, 0.29) is 37.1 Å². The average Bonchev–Trinajstić information content (AvgIpc) is 3.70. The molecule has 1 aliphatic rings. The summed E-state index contributed by atoms with van der Waals surface area (Å²) in [4.78, 5) is 35.1. The Balaban J connectivity index is 1.20. The molecular weight excluding hydrogens is 677 g/mol. The molecule has 0 saturated carbocycles. The van der Waals surface area contributed by atoms with Crippen LogP contribution in [0.4, 0.5) is 10.7 Å². The smallest absolute Gasteiger partial charge is 0.461 e. The van der Waals surface area contributed by atoms with Crippen LogP contribution in [0.15, 0.2) is 89.3 Å². The molecule has 0 spiro atoms. The second kappa shape index (κ2) is 16.1. The van der Waals surface area contributed by atoms with Gasteiger partial charge < -0.3 is 24.1 Å². The van der Waals surface area contributed by atoms with Crippen molar-refractivity contribution >= 4 is 37.3 Å². The predicted molar refractivity (Wildman–Crippen MR) is 181 cm³/mol. The van der Waals surface area contributed by atoms with Gasteiger partial charge in [0.05, 0.1) is 6.07 Å². The fourth-order valence-corrected chi connectivity index (χ4v) is 7.12. The van der Waals surface area contributed by atoms with Crippen LogP contribution in [0.2, 0.25) is 0 Å². The molecule has 3 aromatic carbocycles. The number of furan rings is 1. The van der Waals surface area contributed by atoms with Crippen molar-refractivity contribution in [2.24, 2.45) is 0 Å². The Kier molecular flexibility index (Phi) is 11.7. The van der Waals surface area contributed by atoms with Crippen LogP contribution in [0.1, 0.15) is 41.2 Å². The molecule has 49 heavy (non-hydrogen) atoms. The number of unbranched alkanes of at least 4 members (excludes halogenated alkanes) is 1. The van der Waals surface area contributed by atoms with E-state index < -0.39 is 36.7 Å². The third-order valence-corrected chi connectivity index (χ3v) is 10.2. The Labute approximate surface area is 287 Å². The topological polar surface area (TPSA) is 171 Å². The Hall–Kier alpha value is -4.68. The van der Waals surface area contributed by atoms with Gasteiger partial charge in [-0.15, -0.1) is 11.6 Å². The molecule has 0 saturated heterocycles. The summed E-state index contributed by atoms with van der Waals surface area (Å²) in [7, 11) is -2.44. The maximum absolute atomic E-state index is 13.9. The fraction of sp³-hybridized carbons (Fsp3) is 0.294. The van der Waals surface area contributed by atoms with Crippen LogP contribution in [0.5, 0.6) is 5.75 Å². The number of nitro groups is 1. The number of nitrogens with one attached hydrogen (secondary N) is 1. The summed E-state index contributed by atoms with van der Waals surface area (Å²) in [6, 6.07) is 23.2. The molecule has 258 valence electrons. The number of rotatable bonds is 17. The molecule has 4 aromatic rings. The van der Waals surface area contributed by atoms with Gasteiger partial charge in [0.15, 0.2) is 0 Å².